The maximum Gasteiger partial charge on any atom is 0.421 e. The zero-order chi connectivity index (χ0) is 20.6. The number of halogens is 3. The summed E-state index contributed by atoms with van der Waals surface area (Å²) in [5.41, 5.74) is 1.17. The Hall–Kier alpha value is -2.53. The van der Waals surface area contributed by atoms with Gasteiger partial charge in [0.15, 0.2) is 0 Å². The third kappa shape index (κ3) is 4.25. The molecular formula is C18H18F3N5O2S. The van der Waals surface area contributed by atoms with Crippen LogP contribution in [0.25, 0.3) is 0 Å². The fourth-order valence-corrected chi connectivity index (χ4v) is 3.98. The molecule has 1 saturated heterocycles. The molecule has 4 rings (SSSR count). The van der Waals surface area contributed by atoms with Gasteiger partial charge in [-0.15, -0.1) is 0 Å². The van der Waals surface area contributed by atoms with Crippen molar-refractivity contribution in [2.75, 3.05) is 35.4 Å². The van der Waals surface area contributed by atoms with Crippen LogP contribution in [0.3, 0.4) is 0 Å². The van der Waals surface area contributed by atoms with Crippen molar-refractivity contribution in [1.82, 2.24) is 9.97 Å². The van der Waals surface area contributed by atoms with Crippen LogP contribution in [0, 0.1) is 0 Å². The van der Waals surface area contributed by atoms with Crippen molar-refractivity contribution in [1.29, 1.82) is 0 Å². The molecule has 0 saturated carbocycles. The molecule has 3 heterocycles. The summed E-state index contributed by atoms with van der Waals surface area (Å²) >= 11 is 1.53. The first-order valence-electron chi connectivity index (χ1n) is 8.84. The molecule has 3 N–H and O–H groups in total. The highest BCUT2D eigenvalue weighted by atomic mass is 32.2. The van der Waals surface area contributed by atoms with Crippen molar-refractivity contribution >= 4 is 40.8 Å². The monoisotopic (exact) mass is 425 g/mol. The van der Waals surface area contributed by atoms with Crippen molar-refractivity contribution < 1.29 is 22.7 Å². The Kier molecular flexibility index (Phi) is 5.26. The smallest absolute Gasteiger partial charge is 0.378 e. The number of alkyl halides is 3. The number of rotatable bonds is 5. The molecule has 2 atom stereocenters. The lowest BCUT2D eigenvalue weighted by Gasteiger charge is -2.21. The van der Waals surface area contributed by atoms with Gasteiger partial charge in [0.1, 0.15) is 11.4 Å². The molecule has 11 heteroatoms. The molecule has 7 nitrogen and oxygen atoms in total. The van der Waals surface area contributed by atoms with E-state index in [0.717, 1.165) is 17.4 Å². The number of ether oxygens (including phenoxy) is 1. The summed E-state index contributed by atoms with van der Waals surface area (Å²) in [7, 11) is 0. The Morgan fingerprint density at radius 2 is 2.14 bits per heavy atom. The number of thioether (sulfide) groups is 1. The summed E-state index contributed by atoms with van der Waals surface area (Å²) in [6.07, 6.45) is -1.68. The molecule has 1 amide bonds. The minimum atomic E-state index is -4.59. The van der Waals surface area contributed by atoms with E-state index >= 15 is 0 Å². The van der Waals surface area contributed by atoms with Gasteiger partial charge in [0.05, 0.1) is 30.9 Å². The normalized spacial score (nSPS) is 21.0. The van der Waals surface area contributed by atoms with E-state index < -0.39 is 11.7 Å². The predicted octanol–water partition coefficient (Wildman–Crippen LogP) is 3.28. The maximum absolute atomic E-state index is 13.4. The number of hydrogen-bond acceptors (Lipinski definition) is 7. The van der Waals surface area contributed by atoms with E-state index in [4.69, 9.17) is 4.74 Å². The quantitative estimate of drug-likeness (QED) is 0.678. The lowest BCUT2D eigenvalue weighted by atomic mass is 10.1. The van der Waals surface area contributed by atoms with Gasteiger partial charge >= 0.3 is 6.18 Å². The predicted molar refractivity (Wildman–Crippen MR) is 105 cm³/mol. The first-order valence-corrected chi connectivity index (χ1v) is 10.1. The molecule has 2 aliphatic rings. The van der Waals surface area contributed by atoms with Crippen LogP contribution in [0.15, 0.2) is 24.4 Å². The van der Waals surface area contributed by atoms with Gasteiger partial charge < -0.3 is 20.7 Å². The van der Waals surface area contributed by atoms with Crippen LogP contribution in [0.1, 0.15) is 11.1 Å². The fourth-order valence-electron chi connectivity index (χ4n) is 3.27. The Morgan fingerprint density at radius 1 is 1.31 bits per heavy atom. The SMILES string of the molecule is CSC1COCC1Nc1nc(Nc2ccc3c(c2)CC(=O)N3)ncc1C(F)(F)F. The third-order valence-corrected chi connectivity index (χ3v) is 5.80. The number of hydrogen-bond donors (Lipinski definition) is 3. The molecule has 0 aliphatic carbocycles. The number of carbonyl (C=O) groups is 1. The van der Waals surface area contributed by atoms with Crippen molar-refractivity contribution in [3.05, 3.63) is 35.5 Å². The van der Waals surface area contributed by atoms with Gasteiger partial charge in [-0.05, 0) is 30.0 Å². The summed E-state index contributed by atoms with van der Waals surface area (Å²) in [5, 5.41) is 8.55. The van der Waals surface area contributed by atoms with Crippen LogP contribution in [0.5, 0.6) is 0 Å². The zero-order valence-corrected chi connectivity index (χ0v) is 16.2. The van der Waals surface area contributed by atoms with Crippen molar-refractivity contribution in [3.63, 3.8) is 0 Å². The maximum atomic E-state index is 13.4. The number of anilines is 4. The number of aromatic nitrogens is 2. The number of fused-ring (bicyclic) bond motifs is 1. The van der Waals surface area contributed by atoms with Crippen LogP contribution >= 0.6 is 11.8 Å². The summed E-state index contributed by atoms with van der Waals surface area (Å²) in [6, 6.07) is 4.89. The van der Waals surface area contributed by atoms with Crippen LogP contribution in [-0.2, 0) is 22.1 Å². The zero-order valence-electron chi connectivity index (χ0n) is 15.3. The minimum absolute atomic E-state index is 0.0253. The van der Waals surface area contributed by atoms with Gasteiger partial charge in [0, 0.05) is 17.6 Å². The van der Waals surface area contributed by atoms with E-state index in [-0.39, 0.29) is 35.4 Å². The van der Waals surface area contributed by atoms with Gasteiger partial charge in [-0.25, -0.2) is 4.98 Å². The second-order valence-corrected chi connectivity index (χ2v) is 7.81. The third-order valence-electron chi connectivity index (χ3n) is 4.73. The second-order valence-electron chi connectivity index (χ2n) is 6.74. The molecule has 0 radical (unpaired) electrons. The summed E-state index contributed by atoms with van der Waals surface area (Å²) < 4.78 is 45.7. The van der Waals surface area contributed by atoms with Crippen LogP contribution < -0.4 is 16.0 Å². The fraction of sp³-hybridized carbons (Fsp3) is 0.389. The highest BCUT2D eigenvalue weighted by Crippen LogP contribution is 2.35. The van der Waals surface area contributed by atoms with Gasteiger partial charge in [0.2, 0.25) is 11.9 Å². The molecule has 154 valence electrons. The highest BCUT2D eigenvalue weighted by molar-refractivity contribution is 7.99. The Bertz CT molecular complexity index is 940. The minimum Gasteiger partial charge on any atom is -0.378 e. The Balaban J connectivity index is 1.60. The van der Waals surface area contributed by atoms with E-state index in [1.54, 1.807) is 18.2 Å². The molecule has 1 fully saturated rings. The summed E-state index contributed by atoms with van der Waals surface area (Å²) in [4.78, 5) is 19.4. The number of nitrogens with one attached hydrogen (secondary N) is 3. The number of nitrogens with zero attached hydrogens (tertiary/aromatic N) is 2. The van der Waals surface area contributed by atoms with E-state index in [1.807, 2.05) is 6.26 Å². The molecule has 0 bridgehead atoms. The van der Waals surface area contributed by atoms with Gasteiger partial charge in [0.25, 0.3) is 0 Å². The van der Waals surface area contributed by atoms with E-state index in [0.29, 0.717) is 18.9 Å². The summed E-state index contributed by atoms with van der Waals surface area (Å²) in [6.45, 7) is 0.777. The molecule has 0 spiro atoms. The van der Waals surface area contributed by atoms with Crippen LogP contribution in [-0.4, -0.2) is 46.6 Å². The molecular weight excluding hydrogens is 407 g/mol. The second kappa shape index (κ2) is 7.71. The van der Waals surface area contributed by atoms with Gasteiger partial charge in [-0.3, -0.25) is 4.79 Å². The molecule has 2 aliphatic heterocycles. The average Bonchev–Trinajstić information content (AvgIpc) is 3.25. The molecule has 1 aromatic heterocycles. The standard InChI is InChI=1S/C18H18F3N5O2S/c1-29-14-8-28-7-13(14)25-16-11(18(19,20)21)6-22-17(26-16)23-10-2-3-12-9(4-10)5-15(27)24-12/h2-4,6,13-14H,5,7-8H2,1H3,(H,24,27)(H2,22,23,25,26). The molecule has 29 heavy (non-hydrogen) atoms. The average molecular weight is 425 g/mol. The first kappa shape index (κ1) is 19.8. The molecule has 1 aromatic carbocycles. The number of carbonyl (C=O) groups excluding carboxylic acids is 1. The van der Waals surface area contributed by atoms with Crippen LogP contribution in [0.4, 0.5) is 36.3 Å². The van der Waals surface area contributed by atoms with Crippen LogP contribution in [0.2, 0.25) is 0 Å². The van der Waals surface area contributed by atoms with Crippen molar-refractivity contribution in [2.45, 2.75) is 23.9 Å². The van der Waals surface area contributed by atoms with Crippen molar-refractivity contribution in [2.24, 2.45) is 0 Å². The summed E-state index contributed by atoms with van der Waals surface area (Å²) in [5.74, 6) is -0.364. The van der Waals surface area contributed by atoms with E-state index in [1.165, 1.54) is 11.8 Å². The van der Waals surface area contributed by atoms with E-state index in [2.05, 4.69) is 25.9 Å². The lowest BCUT2D eigenvalue weighted by Crippen LogP contribution is -2.31. The largest absolute Gasteiger partial charge is 0.421 e. The highest BCUT2D eigenvalue weighted by Gasteiger charge is 2.37. The number of amides is 1. The Morgan fingerprint density at radius 3 is 2.90 bits per heavy atom. The van der Waals surface area contributed by atoms with Gasteiger partial charge in [-0.1, -0.05) is 0 Å². The molecule has 2 unspecified atom stereocenters. The first-order chi connectivity index (χ1) is 13.8. The number of benzene rings is 1. The van der Waals surface area contributed by atoms with Crippen molar-refractivity contribution in [3.8, 4) is 0 Å². The molecule has 2 aromatic rings. The van der Waals surface area contributed by atoms with Gasteiger partial charge in [-0.2, -0.15) is 29.9 Å². The lowest BCUT2D eigenvalue weighted by molar-refractivity contribution is -0.137. The Labute approximate surface area is 168 Å². The van der Waals surface area contributed by atoms with E-state index in [9.17, 15) is 18.0 Å². The topological polar surface area (TPSA) is 88.2 Å².